The molecule has 0 aromatic heterocycles. The van der Waals surface area contributed by atoms with Gasteiger partial charge in [-0.2, -0.15) is 0 Å². The Morgan fingerprint density at radius 1 is 1.27 bits per heavy atom. The highest BCUT2D eigenvalue weighted by atomic mass is 16.5. The van der Waals surface area contributed by atoms with Crippen LogP contribution in [0.15, 0.2) is 42.5 Å². The maximum atomic E-state index is 10.9. The van der Waals surface area contributed by atoms with E-state index in [9.17, 15) is 4.79 Å². The molecule has 1 atom stereocenters. The SMILES string of the molecule is COC(=O)/C=C\C(OC)c1ccccc1. The van der Waals surface area contributed by atoms with Crippen LogP contribution in [0.25, 0.3) is 0 Å². The van der Waals surface area contributed by atoms with Gasteiger partial charge in [0.1, 0.15) is 6.10 Å². The lowest BCUT2D eigenvalue weighted by molar-refractivity contribution is -0.134. The first-order valence-electron chi connectivity index (χ1n) is 4.62. The molecule has 0 aliphatic rings. The first-order chi connectivity index (χ1) is 7.27. The van der Waals surface area contributed by atoms with E-state index in [-0.39, 0.29) is 12.1 Å². The van der Waals surface area contributed by atoms with Gasteiger partial charge in [-0.3, -0.25) is 0 Å². The van der Waals surface area contributed by atoms with Crippen LogP contribution in [-0.4, -0.2) is 20.2 Å². The molecule has 1 unspecified atom stereocenters. The molecule has 1 rings (SSSR count). The predicted octanol–water partition coefficient (Wildman–Crippen LogP) is 2.10. The van der Waals surface area contributed by atoms with Crippen molar-refractivity contribution in [3.8, 4) is 0 Å². The van der Waals surface area contributed by atoms with Crippen LogP contribution in [0.1, 0.15) is 11.7 Å². The van der Waals surface area contributed by atoms with E-state index in [4.69, 9.17) is 4.74 Å². The van der Waals surface area contributed by atoms with Crippen LogP contribution in [0.5, 0.6) is 0 Å². The Hall–Kier alpha value is -1.61. The Morgan fingerprint density at radius 2 is 1.93 bits per heavy atom. The molecular weight excluding hydrogens is 192 g/mol. The van der Waals surface area contributed by atoms with Crippen LogP contribution in [0.4, 0.5) is 0 Å². The number of hydrogen-bond donors (Lipinski definition) is 0. The van der Waals surface area contributed by atoms with Crippen LogP contribution in [-0.2, 0) is 14.3 Å². The monoisotopic (exact) mass is 206 g/mol. The summed E-state index contributed by atoms with van der Waals surface area (Å²) < 4.78 is 9.74. The molecule has 0 heterocycles. The fraction of sp³-hybridized carbons (Fsp3) is 0.250. The fourth-order valence-corrected chi connectivity index (χ4v) is 1.20. The van der Waals surface area contributed by atoms with Gasteiger partial charge in [0.2, 0.25) is 0 Å². The highest BCUT2D eigenvalue weighted by Gasteiger charge is 2.05. The second-order valence-electron chi connectivity index (χ2n) is 2.95. The predicted molar refractivity (Wildman–Crippen MR) is 57.3 cm³/mol. The number of esters is 1. The van der Waals surface area contributed by atoms with Crippen LogP contribution in [0.3, 0.4) is 0 Å². The third-order valence-corrected chi connectivity index (χ3v) is 1.99. The first kappa shape index (κ1) is 11.5. The number of carbonyl (C=O) groups excluding carboxylic acids is 1. The topological polar surface area (TPSA) is 35.5 Å². The van der Waals surface area contributed by atoms with Crippen molar-refractivity contribution in [2.24, 2.45) is 0 Å². The van der Waals surface area contributed by atoms with Gasteiger partial charge in [-0.25, -0.2) is 4.79 Å². The van der Waals surface area contributed by atoms with Crippen LogP contribution >= 0.6 is 0 Å². The summed E-state index contributed by atoms with van der Waals surface area (Å²) >= 11 is 0. The summed E-state index contributed by atoms with van der Waals surface area (Å²) in [5, 5.41) is 0. The molecular formula is C12H14O3. The lowest BCUT2D eigenvalue weighted by atomic mass is 10.1. The van der Waals surface area contributed by atoms with Crippen molar-refractivity contribution in [2.75, 3.05) is 14.2 Å². The summed E-state index contributed by atoms with van der Waals surface area (Å²) in [7, 11) is 2.94. The fourth-order valence-electron chi connectivity index (χ4n) is 1.20. The highest BCUT2D eigenvalue weighted by Crippen LogP contribution is 2.17. The van der Waals surface area contributed by atoms with E-state index in [1.54, 1.807) is 13.2 Å². The molecule has 0 bridgehead atoms. The number of carbonyl (C=O) groups is 1. The van der Waals surface area contributed by atoms with Gasteiger partial charge in [0.25, 0.3) is 0 Å². The smallest absolute Gasteiger partial charge is 0.330 e. The average Bonchev–Trinajstić information content (AvgIpc) is 2.31. The minimum absolute atomic E-state index is 0.217. The van der Waals surface area contributed by atoms with Gasteiger partial charge in [0.15, 0.2) is 0 Å². The Balaban J connectivity index is 2.73. The quantitative estimate of drug-likeness (QED) is 0.559. The van der Waals surface area contributed by atoms with Crippen LogP contribution in [0.2, 0.25) is 0 Å². The van der Waals surface area contributed by atoms with Crippen molar-refractivity contribution in [1.29, 1.82) is 0 Å². The zero-order valence-corrected chi connectivity index (χ0v) is 8.84. The van der Waals surface area contributed by atoms with Gasteiger partial charge in [-0.15, -0.1) is 0 Å². The summed E-state index contributed by atoms with van der Waals surface area (Å²) in [6.07, 6.45) is 2.81. The van der Waals surface area contributed by atoms with E-state index in [2.05, 4.69) is 4.74 Å². The lowest BCUT2D eigenvalue weighted by Crippen LogP contribution is -2.00. The molecule has 1 aromatic carbocycles. The Morgan fingerprint density at radius 3 is 2.47 bits per heavy atom. The molecule has 0 spiro atoms. The maximum absolute atomic E-state index is 10.9. The van der Waals surface area contributed by atoms with E-state index in [1.807, 2.05) is 30.3 Å². The largest absolute Gasteiger partial charge is 0.466 e. The minimum atomic E-state index is -0.381. The van der Waals surface area contributed by atoms with Crippen molar-refractivity contribution < 1.29 is 14.3 Å². The molecule has 15 heavy (non-hydrogen) atoms. The van der Waals surface area contributed by atoms with Gasteiger partial charge < -0.3 is 9.47 Å². The standard InChI is InChI=1S/C12H14O3/c1-14-11(8-9-12(13)15-2)10-6-4-3-5-7-10/h3-9,11H,1-2H3/b9-8-. The normalized spacial score (nSPS) is 12.7. The van der Waals surface area contributed by atoms with E-state index in [0.29, 0.717) is 0 Å². The molecule has 0 saturated heterocycles. The number of ether oxygens (including phenoxy) is 2. The first-order valence-corrected chi connectivity index (χ1v) is 4.62. The second kappa shape index (κ2) is 5.98. The van der Waals surface area contributed by atoms with Crippen molar-refractivity contribution in [2.45, 2.75) is 6.10 Å². The molecule has 0 aliphatic heterocycles. The molecule has 3 heteroatoms. The molecule has 0 radical (unpaired) electrons. The molecule has 80 valence electrons. The number of methoxy groups -OCH3 is 2. The number of hydrogen-bond acceptors (Lipinski definition) is 3. The molecule has 1 aromatic rings. The average molecular weight is 206 g/mol. The summed E-state index contributed by atoms with van der Waals surface area (Å²) in [6.45, 7) is 0. The van der Waals surface area contributed by atoms with Crippen LogP contribution < -0.4 is 0 Å². The zero-order chi connectivity index (χ0) is 11.1. The number of benzene rings is 1. The van der Waals surface area contributed by atoms with Crippen LogP contribution in [0, 0.1) is 0 Å². The van der Waals surface area contributed by atoms with E-state index in [1.165, 1.54) is 13.2 Å². The molecule has 3 nitrogen and oxygen atoms in total. The Kier molecular flexibility index (Phi) is 4.57. The third-order valence-electron chi connectivity index (χ3n) is 1.99. The molecule has 0 N–H and O–H groups in total. The minimum Gasteiger partial charge on any atom is -0.466 e. The molecule has 0 amide bonds. The van der Waals surface area contributed by atoms with E-state index >= 15 is 0 Å². The molecule has 0 aliphatic carbocycles. The van der Waals surface area contributed by atoms with Crippen molar-refractivity contribution in [3.63, 3.8) is 0 Å². The molecule has 0 saturated carbocycles. The van der Waals surface area contributed by atoms with Crippen molar-refractivity contribution >= 4 is 5.97 Å². The van der Waals surface area contributed by atoms with Gasteiger partial charge in [0.05, 0.1) is 7.11 Å². The van der Waals surface area contributed by atoms with E-state index < -0.39 is 0 Å². The van der Waals surface area contributed by atoms with Gasteiger partial charge >= 0.3 is 5.97 Å². The maximum Gasteiger partial charge on any atom is 0.330 e. The van der Waals surface area contributed by atoms with Crippen molar-refractivity contribution in [1.82, 2.24) is 0 Å². The Labute approximate surface area is 89.3 Å². The summed E-state index contributed by atoms with van der Waals surface area (Å²) in [4.78, 5) is 10.9. The van der Waals surface area contributed by atoms with E-state index in [0.717, 1.165) is 5.56 Å². The third kappa shape index (κ3) is 3.56. The highest BCUT2D eigenvalue weighted by molar-refractivity contribution is 5.81. The lowest BCUT2D eigenvalue weighted by Gasteiger charge is -2.10. The zero-order valence-electron chi connectivity index (χ0n) is 8.84. The Bertz CT molecular complexity index is 330. The van der Waals surface area contributed by atoms with Gasteiger partial charge in [-0.1, -0.05) is 30.3 Å². The summed E-state index contributed by atoms with van der Waals surface area (Å²) in [5.41, 5.74) is 1.00. The summed E-state index contributed by atoms with van der Waals surface area (Å²) in [5.74, 6) is -0.381. The summed E-state index contributed by atoms with van der Waals surface area (Å²) in [6, 6.07) is 9.66. The number of rotatable bonds is 4. The second-order valence-corrected chi connectivity index (χ2v) is 2.95. The van der Waals surface area contributed by atoms with Crippen molar-refractivity contribution in [3.05, 3.63) is 48.0 Å². The van der Waals surface area contributed by atoms with Gasteiger partial charge in [0, 0.05) is 13.2 Å². The molecule has 0 fully saturated rings. The van der Waals surface area contributed by atoms with Gasteiger partial charge in [-0.05, 0) is 11.6 Å².